The summed E-state index contributed by atoms with van der Waals surface area (Å²) in [5, 5.41) is 0.924. The number of hydrogen-bond acceptors (Lipinski definition) is 3. The van der Waals surface area contributed by atoms with Gasteiger partial charge in [0, 0.05) is 29.5 Å². The van der Waals surface area contributed by atoms with Gasteiger partial charge in [0.15, 0.2) is 5.78 Å². The van der Waals surface area contributed by atoms with Crippen molar-refractivity contribution in [3.05, 3.63) is 63.9 Å². The number of ketones is 1. The molecule has 0 saturated carbocycles. The molecule has 2 aromatic rings. The van der Waals surface area contributed by atoms with Gasteiger partial charge in [0.25, 0.3) is 0 Å². The molecule has 0 atom stereocenters. The van der Waals surface area contributed by atoms with Crippen LogP contribution in [-0.4, -0.2) is 28.8 Å². The molecule has 21 heavy (non-hydrogen) atoms. The van der Waals surface area contributed by atoms with Crippen molar-refractivity contribution in [1.82, 2.24) is 9.88 Å². The molecule has 0 unspecified atom stereocenters. The van der Waals surface area contributed by atoms with Crippen molar-refractivity contribution < 1.29 is 4.79 Å². The summed E-state index contributed by atoms with van der Waals surface area (Å²) >= 11 is 11.9. The molecule has 3 nitrogen and oxygen atoms in total. The maximum absolute atomic E-state index is 12.4. The van der Waals surface area contributed by atoms with Crippen LogP contribution in [0.3, 0.4) is 0 Å². The molecule has 2 rings (SSSR count). The highest BCUT2D eigenvalue weighted by Gasteiger charge is 2.14. The topological polar surface area (TPSA) is 33.2 Å². The van der Waals surface area contributed by atoms with Crippen LogP contribution in [0.4, 0.5) is 0 Å². The first-order valence-corrected chi connectivity index (χ1v) is 7.45. The van der Waals surface area contributed by atoms with Gasteiger partial charge in [0.2, 0.25) is 0 Å². The van der Waals surface area contributed by atoms with Crippen LogP contribution >= 0.6 is 23.2 Å². The van der Waals surface area contributed by atoms with Gasteiger partial charge in [-0.25, -0.2) is 0 Å². The highest BCUT2D eigenvalue weighted by Crippen LogP contribution is 2.21. The van der Waals surface area contributed by atoms with Gasteiger partial charge in [-0.05, 0) is 42.4 Å². The van der Waals surface area contributed by atoms with Crippen LogP contribution in [-0.2, 0) is 6.54 Å². The number of Topliss-reactive ketones (excluding diaryl/α,β-unsaturated/α-hetero) is 1. The average molecular weight is 323 g/mol. The maximum Gasteiger partial charge on any atom is 0.178 e. The number of carbonyl (C=O) groups is 1. The fraction of sp³-hybridized carbons (Fsp3) is 0.250. The van der Waals surface area contributed by atoms with Gasteiger partial charge >= 0.3 is 0 Å². The lowest BCUT2D eigenvalue weighted by Crippen LogP contribution is -2.29. The molecule has 1 aromatic carbocycles. The van der Waals surface area contributed by atoms with E-state index in [-0.39, 0.29) is 5.78 Å². The normalized spacial score (nSPS) is 10.9. The van der Waals surface area contributed by atoms with Gasteiger partial charge in [-0.2, -0.15) is 0 Å². The second-order valence-corrected chi connectivity index (χ2v) is 5.55. The Morgan fingerprint density at radius 2 is 1.90 bits per heavy atom. The van der Waals surface area contributed by atoms with Crippen LogP contribution in [0.15, 0.2) is 42.7 Å². The molecule has 1 aromatic heterocycles. The van der Waals surface area contributed by atoms with E-state index in [0.29, 0.717) is 28.7 Å². The lowest BCUT2D eigenvalue weighted by atomic mass is 10.1. The van der Waals surface area contributed by atoms with Gasteiger partial charge in [-0.1, -0.05) is 30.1 Å². The first-order valence-electron chi connectivity index (χ1n) is 6.69. The lowest BCUT2D eigenvalue weighted by Gasteiger charge is -2.19. The molecule has 5 heteroatoms. The Hall–Kier alpha value is -1.42. The highest BCUT2D eigenvalue weighted by atomic mass is 35.5. The van der Waals surface area contributed by atoms with Crippen molar-refractivity contribution in [2.45, 2.75) is 13.5 Å². The number of nitrogens with zero attached hydrogens (tertiary/aromatic N) is 2. The minimum atomic E-state index is -0.00688. The predicted octanol–water partition coefficient (Wildman–Crippen LogP) is 4.09. The maximum atomic E-state index is 12.4. The smallest absolute Gasteiger partial charge is 0.178 e. The lowest BCUT2D eigenvalue weighted by molar-refractivity contribution is 0.0929. The summed E-state index contributed by atoms with van der Waals surface area (Å²) < 4.78 is 0. The second-order valence-electron chi connectivity index (χ2n) is 4.71. The summed E-state index contributed by atoms with van der Waals surface area (Å²) in [5.74, 6) is -0.00688. The third-order valence-electron chi connectivity index (χ3n) is 3.20. The fourth-order valence-corrected chi connectivity index (χ4v) is 2.54. The molecule has 0 aliphatic heterocycles. The van der Waals surface area contributed by atoms with Gasteiger partial charge in [0.05, 0.1) is 11.6 Å². The van der Waals surface area contributed by atoms with Gasteiger partial charge in [0.1, 0.15) is 0 Å². The van der Waals surface area contributed by atoms with E-state index in [0.717, 1.165) is 12.1 Å². The first kappa shape index (κ1) is 16.0. The number of benzene rings is 1. The number of likely N-dealkylation sites (N-methyl/N-ethyl adjacent to an activating group) is 1. The Morgan fingerprint density at radius 1 is 1.19 bits per heavy atom. The van der Waals surface area contributed by atoms with Crippen molar-refractivity contribution in [3.63, 3.8) is 0 Å². The number of aromatic nitrogens is 1. The average Bonchev–Trinajstić information content (AvgIpc) is 2.47. The molecule has 0 amide bonds. The summed E-state index contributed by atoms with van der Waals surface area (Å²) in [4.78, 5) is 18.4. The number of rotatable bonds is 6. The highest BCUT2D eigenvalue weighted by molar-refractivity contribution is 6.36. The Balaban J connectivity index is 2.06. The summed E-state index contributed by atoms with van der Waals surface area (Å²) in [6, 6.07) is 8.84. The molecule has 0 spiro atoms. The molecule has 1 heterocycles. The molecular weight excluding hydrogens is 307 g/mol. The molecular formula is C16H16Cl2N2O. The Bertz CT molecular complexity index is 617. The van der Waals surface area contributed by atoms with Crippen molar-refractivity contribution in [3.8, 4) is 0 Å². The molecule has 0 fully saturated rings. The van der Waals surface area contributed by atoms with E-state index < -0.39 is 0 Å². The first-order chi connectivity index (χ1) is 10.1. The minimum Gasteiger partial charge on any atom is -0.293 e. The molecule has 110 valence electrons. The van der Waals surface area contributed by atoms with Gasteiger partial charge < -0.3 is 0 Å². The zero-order valence-electron chi connectivity index (χ0n) is 11.7. The number of hydrogen-bond donors (Lipinski definition) is 0. The number of pyridine rings is 1. The summed E-state index contributed by atoms with van der Waals surface area (Å²) in [6.45, 7) is 3.83. The molecule has 0 N–H and O–H groups in total. The van der Waals surface area contributed by atoms with Crippen LogP contribution in [0.25, 0.3) is 0 Å². The van der Waals surface area contributed by atoms with Crippen LogP contribution in [0.1, 0.15) is 22.8 Å². The minimum absolute atomic E-state index is 0.00688. The summed E-state index contributed by atoms with van der Waals surface area (Å²) in [7, 11) is 0. The molecule has 0 saturated heterocycles. The summed E-state index contributed by atoms with van der Waals surface area (Å²) in [6.07, 6.45) is 3.50. The standard InChI is InChI=1S/C16H16Cl2N2O/c1-2-20(10-12-5-7-19-8-6-12)11-16(21)14-4-3-13(17)9-15(14)18/h3-9H,2,10-11H2,1H3. The van der Waals surface area contributed by atoms with E-state index in [1.54, 1.807) is 30.6 Å². The van der Waals surface area contributed by atoms with Crippen molar-refractivity contribution in [2.75, 3.05) is 13.1 Å². The number of carbonyl (C=O) groups excluding carboxylic acids is 1. The van der Waals surface area contributed by atoms with E-state index >= 15 is 0 Å². The van der Waals surface area contributed by atoms with Crippen molar-refractivity contribution in [2.24, 2.45) is 0 Å². The fourth-order valence-electron chi connectivity index (χ4n) is 2.03. The molecule has 0 bridgehead atoms. The molecule has 0 aliphatic carbocycles. The zero-order chi connectivity index (χ0) is 15.2. The van der Waals surface area contributed by atoms with Crippen LogP contribution < -0.4 is 0 Å². The van der Waals surface area contributed by atoms with Gasteiger partial charge in [-0.15, -0.1) is 0 Å². The van der Waals surface area contributed by atoms with Gasteiger partial charge in [-0.3, -0.25) is 14.7 Å². The quantitative estimate of drug-likeness (QED) is 0.751. The van der Waals surface area contributed by atoms with Crippen LogP contribution in [0, 0.1) is 0 Å². The van der Waals surface area contributed by atoms with E-state index in [4.69, 9.17) is 23.2 Å². The SMILES string of the molecule is CCN(CC(=O)c1ccc(Cl)cc1Cl)Cc1ccncc1. The van der Waals surface area contributed by atoms with Crippen molar-refractivity contribution in [1.29, 1.82) is 0 Å². The van der Waals surface area contributed by atoms with E-state index in [1.807, 2.05) is 19.1 Å². The summed E-state index contributed by atoms with van der Waals surface area (Å²) in [5.41, 5.74) is 1.64. The zero-order valence-corrected chi connectivity index (χ0v) is 13.2. The predicted molar refractivity (Wildman–Crippen MR) is 86.0 cm³/mol. The van der Waals surface area contributed by atoms with Crippen LogP contribution in [0.2, 0.25) is 10.0 Å². The number of halogens is 2. The Kier molecular flexibility index (Phi) is 5.74. The third-order valence-corrected chi connectivity index (χ3v) is 3.75. The van der Waals surface area contributed by atoms with Crippen molar-refractivity contribution >= 4 is 29.0 Å². The van der Waals surface area contributed by atoms with Crippen LogP contribution in [0.5, 0.6) is 0 Å². The molecule has 0 aliphatic rings. The Morgan fingerprint density at radius 3 is 2.52 bits per heavy atom. The van der Waals surface area contributed by atoms with E-state index in [9.17, 15) is 4.79 Å². The monoisotopic (exact) mass is 322 g/mol. The largest absolute Gasteiger partial charge is 0.293 e. The van der Waals surface area contributed by atoms with E-state index in [1.165, 1.54) is 0 Å². The molecule has 0 radical (unpaired) electrons. The second kappa shape index (κ2) is 7.55. The van der Waals surface area contributed by atoms with E-state index in [2.05, 4.69) is 9.88 Å². The Labute approximate surface area is 134 Å². The third kappa shape index (κ3) is 4.53.